The minimum atomic E-state index is -3.88. The van der Waals surface area contributed by atoms with Crippen molar-refractivity contribution in [3.8, 4) is 0 Å². The number of halogens is 2. The molecule has 0 unspecified atom stereocenters. The zero-order chi connectivity index (χ0) is 22.3. The number of nitrogens with zero attached hydrogens (tertiary/aromatic N) is 1. The number of rotatable bonds is 9. The van der Waals surface area contributed by atoms with Gasteiger partial charge in [0.05, 0.1) is 10.5 Å². The van der Waals surface area contributed by atoms with E-state index in [1.54, 1.807) is 38.1 Å². The molecule has 0 saturated carbocycles. The second kappa shape index (κ2) is 10.5. The van der Waals surface area contributed by atoms with Gasteiger partial charge in [0, 0.05) is 24.7 Å². The predicted octanol–water partition coefficient (Wildman–Crippen LogP) is 2.98. The van der Waals surface area contributed by atoms with Crippen molar-refractivity contribution in [1.82, 2.24) is 9.62 Å². The standard InChI is InChI=1S/C20H22ClFN2O5S/c1-3-24(4-2)30(27,28)16-9-10-18(22)17(11-16)20(26)29-13-19(25)23-12-14-5-7-15(21)8-6-14/h5-11H,3-4,12-13H2,1-2H3,(H,23,25). The molecule has 0 fully saturated rings. The molecule has 162 valence electrons. The third kappa shape index (κ3) is 6.01. The fraction of sp³-hybridized carbons (Fsp3) is 0.300. The summed E-state index contributed by atoms with van der Waals surface area (Å²) in [7, 11) is -3.88. The molecule has 0 spiro atoms. The van der Waals surface area contributed by atoms with Crippen molar-refractivity contribution >= 4 is 33.5 Å². The van der Waals surface area contributed by atoms with Crippen LogP contribution in [0.3, 0.4) is 0 Å². The molecule has 0 heterocycles. The zero-order valence-electron chi connectivity index (χ0n) is 16.5. The Morgan fingerprint density at radius 2 is 1.73 bits per heavy atom. The van der Waals surface area contributed by atoms with E-state index in [1.165, 1.54) is 4.31 Å². The van der Waals surface area contributed by atoms with E-state index in [0.717, 1.165) is 23.8 Å². The number of nitrogens with one attached hydrogen (secondary N) is 1. The van der Waals surface area contributed by atoms with Crippen molar-refractivity contribution in [3.63, 3.8) is 0 Å². The molecule has 0 aromatic heterocycles. The zero-order valence-corrected chi connectivity index (χ0v) is 18.1. The van der Waals surface area contributed by atoms with E-state index in [0.29, 0.717) is 5.02 Å². The molecule has 30 heavy (non-hydrogen) atoms. The van der Waals surface area contributed by atoms with Gasteiger partial charge in [0.25, 0.3) is 5.91 Å². The first kappa shape index (κ1) is 23.8. The molecule has 2 rings (SSSR count). The van der Waals surface area contributed by atoms with Gasteiger partial charge in [-0.05, 0) is 35.9 Å². The van der Waals surface area contributed by atoms with E-state index in [4.69, 9.17) is 16.3 Å². The van der Waals surface area contributed by atoms with Gasteiger partial charge in [-0.1, -0.05) is 37.6 Å². The lowest BCUT2D eigenvalue weighted by molar-refractivity contribution is -0.124. The first-order valence-corrected chi connectivity index (χ1v) is 11.0. The summed E-state index contributed by atoms with van der Waals surface area (Å²) in [6.45, 7) is 3.34. The molecule has 2 aromatic rings. The highest BCUT2D eigenvalue weighted by atomic mass is 35.5. The van der Waals surface area contributed by atoms with Crippen molar-refractivity contribution in [1.29, 1.82) is 0 Å². The van der Waals surface area contributed by atoms with E-state index < -0.39 is 39.9 Å². The number of amides is 1. The van der Waals surface area contributed by atoms with Crippen LogP contribution in [0.1, 0.15) is 29.8 Å². The number of hydrogen-bond donors (Lipinski definition) is 1. The Bertz CT molecular complexity index is 1010. The fourth-order valence-corrected chi connectivity index (χ4v) is 4.21. The Balaban J connectivity index is 2.02. The lowest BCUT2D eigenvalue weighted by Gasteiger charge is -2.18. The minimum absolute atomic E-state index is 0.194. The SMILES string of the molecule is CCN(CC)S(=O)(=O)c1ccc(F)c(C(=O)OCC(=O)NCc2ccc(Cl)cc2)c1. The topological polar surface area (TPSA) is 92.8 Å². The van der Waals surface area contributed by atoms with Crippen LogP contribution in [0.5, 0.6) is 0 Å². The molecule has 0 atom stereocenters. The van der Waals surface area contributed by atoms with Crippen molar-refractivity contribution in [2.75, 3.05) is 19.7 Å². The molecule has 1 amide bonds. The second-order valence-electron chi connectivity index (χ2n) is 6.21. The third-order valence-corrected chi connectivity index (χ3v) is 6.54. The van der Waals surface area contributed by atoms with Gasteiger partial charge >= 0.3 is 5.97 Å². The molecular formula is C20H22ClFN2O5S. The summed E-state index contributed by atoms with van der Waals surface area (Å²) in [5.41, 5.74) is 0.230. The molecule has 0 aliphatic carbocycles. The number of carbonyl (C=O) groups is 2. The molecule has 0 bridgehead atoms. The van der Waals surface area contributed by atoms with E-state index >= 15 is 0 Å². The van der Waals surface area contributed by atoms with Gasteiger partial charge in [-0.2, -0.15) is 4.31 Å². The van der Waals surface area contributed by atoms with Crippen molar-refractivity contribution < 1.29 is 27.1 Å². The van der Waals surface area contributed by atoms with Gasteiger partial charge in [-0.3, -0.25) is 4.79 Å². The van der Waals surface area contributed by atoms with Gasteiger partial charge in [0.2, 0.25) is 10.0 Å². The minimum Gasteiger partial charge on any atom is -0.452 e. The van der Waals surface area contributed by atoms with Crippen molar-refractivity contribution in [2.45, 2.75) is 25.3 Å². The van der Waals surface area contributed by atoms with E-state index in [1.807, 2.05) is 0 Å². The summed E-state index contributed by atoms with van der Waals surface area (Å²) in [5, 5.41) is 3.11. The van der Waals surface area contributed by atoms with E-state index in [2.05, 4.69) is 5.32 Å². The van der Waals surface area contributed by atoms with Crippen LogP contribution >= 0.6 is 11.6 Å². The molecule has 7 nitrogen and oxygen atoms in total. The molecule has 2 aromatic carbocycles. The summed E-state index contributed by atoms with van der Waals surface area (Å²) in [4.78, 5) is 23.9. The Morgan fingerprint density at radius 3 is 2.33 bits per heavy atom. The Hall–Kier alpha value is -2.49. The third-order valence-electron chi connectivity index (χ3n) is 4.24. The predicted molar refractivity (Wildman–Crippen MR) is 110 cm³/mol. The highest BCUT2D eigenvalue weighted by molar-refractivity contribution is 7.89. The molecule has 1 N–H and O–H groups in total. The van der Waals surface area contributed by atoms with Crippen LogP contribution in [-0.4, -0.2) is 44.3 Å². The average Bonchev–Trinajstić information content (AvgIpc) is 2.72. The Morgan fingerprint density at radius 1 is 1.10 bits per heavy atom. The van der Waals surface area contributed by atoms with Gasteiger partial charge < -0.3 is 10.1 Å². The second-order valence-corrected chi connectivity index (χ2v) is 8.58. The van der Waals surface area contributed by atoms with Crippen LogP contribution < -0.4 is 5.32 Å². The lowest BCUT2D eigenvalue weighted by atomic mass is 10.2. The maximum Gasteiger partial charge on any atom is 0.341 e. The van der Waals surface area contributed by atoms with Gasteiger partial charge in [0.15, 0.2) is 6.61 Å². The number of sulfonamides is 1. The van der Waals surface area contributed by atoms with E-state index in [9.17, 15) is 22.4 Å². The molecule has 10 heteroatoms. The summed E-state index contributed by atoms with van der Waals surface area (Å²) in [6.07, 6.45) is 0. The van der Waals surface area contributed by atoms with Crippen LogP contribution in [0.4, 0.5) is 4.39 Å². The summed E-state index contributed by atoms with van der Waals surface area (Å²) >= 11 is 5.79. The summed E-state index contributed by atoms with van der Waals surface area (Å²) in [5.74, 6) is -2.67. The first-order valence-electron chi connectivity index (χ1n) is 9.17. The maximum absolute atomic E-state index is 14.1. The number of carbonyl (C=O) groups excluding carboxylic acids is 2. The van der Waals surface area contributed by atoms with Crippen molar-refractivity contribution in [3.05, 3.63) is 64.4 Å². The molecule has 0 aliphatic heterocycles. The Labute approximate surface area is 179 Å². The number of esters is 1. The number of hydrogen-bond acceptors (Lipinski definition) is 5. The van der Waals surface area contributed by atoms with Gasteiger partial charge in [-0.15, -0.1) is 0 Å². The molecule has 0 radical (unpaired) electrons. The van der Waals surface area contributed by atoms with Crippen LogP contribution in [0.15, 0.2) is 47.4 Å². The van der Waals surface area contributed by atoms with Crippen molar-refractivity contribution in [2.24, 2.45) is 0 Å². The van der Waals surface area contributed by atoms with E-state index in [-0.39, 0.29) is 24.5 Å². The first-order chi connectivity index (χ1) is 14.2. The molecule has 0 aliphatic rings. The van der Waals surface area contributed by atoms with Gasteiger partial charge in [0.1, 0.15) is 5.82 Å². The van der Waals surface area contributed by atoms with Crippen LogP contribution in [0.25, 0.3) is 0 Å². The normalized spacial score (nSPS) is 11.4. The highest BCUT2D eigenvalue weighted by Crippen LogP contribution is 2.20. The maximum atomic E-state index is 14.1. The monoisotopic (exact) mass is 456 g/mol. The van der Waals surface area contributed by atoms with Crippen LogP contribution in [-0.2, 0) is 26.1 Å². The number of benzene rings is 2. The number of ether oxygens (including phenoxy) is 1. The quantitative estimate of drug-likeness (QED) is 0.585. The summed E-state index contributed by atoms with van der Waals surface area (Å²) < 4.78 is 45.2. The largest absolute Gasteiger partial charge is 0.452 e. The average molecular weight is 457 g/mol. The lowest BCUT2D eigenvalue weighted by Crippen LogP contribution is -2.31. The molecule has 0 saturated heterocycles. The van der Waals surface area contributed by atoms with Crippen LogP contribution in [0, 0.1) is 5.82 Å². The highest BCUT2D eigenvalue weighted by Gasteiger charge is 2.25. The molecular weight excluding hydrogens is 435 g/mol. The van der Waals surface area contributed by atoms with Gasteiger partial charge in [-0.25, -0.2) is 17.6 Å². The Kier molecular flexibility index (Phi) is 8.33. The smallest absolute Gasteiger partial charge is 0.341 e. The summed E-state index contributed by atoms with van der Waals surface area (Å²) in [6, 6.07) is 9.68. The van der Waals surface area contributed by atoms with Crippen LogP contribution in [0.2, 0.25) is 5.02 Å². The fourth-order valence-electron chi connectivity index (χ4n) is 2.60.